The van der Waals surface area contributed by atoms with Crippen LogP contribution < -0.4 is 11.1 Å². The second kappa shape index (κ2) is 6.92. The van der Waals surface area contributed by atoms with E-state index < -0.39 is 18.0 Å². The molecule has 0 bridgehead atoms. The van der Waals surface area contributed by atoms with Gasteiger partial charge in [0.25, 0.3) is 0 Å². The molecular weight excluding hydrogens is 318 g/mol. The van der Waals surface area contributed by atoms with E-state index in [0.29, 0.717) is 23.6 Å². The highest BCUT2D eigenvalue weighted by Gasteiger charge is 2.30. The molecule has 1 aliphatic heterocycles. The normalized spacial score (nSPS) is 23.1. The van der Waals surface area contributed by atoms with Crippen LogP contribution in [0.4, 0.5) is 4.39 Å². The Hall–Kier alpha value is -0.880. The third-order valence-electron chi connectivity index (χ3n) is 3.53. The minimum absolute atomic E-state index is 0.0489. The summed E-state index contributed by atoms with van der Waals surface area (Å²) in [6.45, 7) is 2.12. The number of nitrogens with one attached hydrogen (secondary N) is 1. The number of hydrogen-bond donors (Lipinski definition) is 2. The quantitative estimate of drug-likeness (QED) is 0.832. The number of carbonyl (C=O) groups is 1. The second-order valence-electron chi connectivity index (χ2n) is 5.08. The molecule has 1 fully saturated rings. The first-order valence-corrected chi connectivity index (χ1v) is 7.48. The number of rotatable bonds is 4. The molecule has 116 valence electrons. The predicted octanol–water partition coefficient (Wildman–Crippen LogP) is 2.82. The molecule has 1 saturated heterocycles. The van der Waals surface area contributed by atoms with Crippen LogP contribution in [0.15, 0.2) is 12.1 Å². The van der Waals surface area contributed by atoms with Crippen LogP contribution in [0.2, 0.25) is 10.0 Å². The summed E-state index contributed by atoms with van der Waals surface area (Å²) < 4.78 is 19.0. The van der Waals surface area contributed by atoms with Gasteiger partial charge in [-0.1, -0.05) is 23.2 Å². The van der Waals surface area contributed by atoms with Crippen molar-refractivity contribution >= 4 is 29.1 Å². The first-order valence-electron chi connectivity index (χ1n) is 6.72. The smallest absolute Gasteiger partial charge is 0.249 e. The largest absolute Gasteiger partial charge is 0.364 e. The third kappa shape index (κ3) is 3.86. The van der Waals surface area contributed by atoms with Crippen LogP contribution in [0, 0.1) is 5.82 Å². The van der Waals surface area contributed by atoms with E-state index in [1.54, 1.807) is 6.92 Å². The summed E-state index contributed by atoms with van der Waals surface area (Å²) in [6, 6.07) is 2.11. The topological polar surface area (TPSA) is 64.4 Å². The molecule has 0 aliphatic carbocycles. The van der Waals surface area contributed by atoms with E-state index in [1.807, 2.05) is 0 Å². The van der Waals surface area contributed by atoms with E-state index in [4.69, 9.17) is 33.7 Å². The second-order valence-corrected chi connectivity index (χ2v) is 5.89. The SMILES string of the molecule is CC(NC(=O)[C@@H]1CC[C@H](CN)O1)c1cc(F)c(Cl)cc1Cl. The van der Waals surface area contributed by atoms with Gasteiger partial charge in [0.05, 0.1) is 17.2 Å². The Balaban J connectivity index is 2.03. The number of ether oxygens (including phenoxy) is 1. The zero-order valence-corrected chi connectivity index (χ0v) is 13.0. The summed E-state index contributed by atoms with van der Waals surface area (Å²) in [7, 11) is 0. The molecule has 1 aromatic carbocycles. The van der Waals surface area contributed by atoms with Crippen LogP contribution >= 0.6 is 23.2 Å². The van der Waals surface area contributed by atoms with Gasteiger partial charge in [-0.2, -0.15) is 0 Å². The summed E-state index contributed by atoms with van der Waals surface area (Å²) in [4.78, 5) is 12.1. The average molecular weight is 335 g/mol. The molecule has 3 N–H and O–H groups in total. The van der Waals surface area contributed by atoms with Crippen LogP contribution in [0.3, 0.4) is 0 Å². The molecule has 21 heavy (non-hydrogen) atoms. The lowest BCUT2D eigenvalue weighted by Gasteiger charge is -2.19. The molecule has 0 saturated carbocycles. The molecule has 3 atom stereocenters. The zero-order valence-electron chi connectivity index (χ0n) is 11.5. The molecule has 1 unspecified atom stereocenters. The molecule has 1 heterocycles. The van der Waals surface area contributed by atoms with Crippen molar-refractivity contribution in [3.63, 3.8) is 0 Å². The van der Waals surface area contributed by atoms with E-state index in [-0.39, 0.29) is 17.0 Å². The van der Waals surface area contributed by atoms with Crippen LogP contribution in [0.5, 0.6) is 0 Å². The maximum absolute atomic E-state index is 13.5. The first kappa shape index (κ1) is 16.5. The minimum atomic E-state index is -0.572. The van der Waals surface area contributed by atoms with E-state index in [0.717, 1.165) is 6.42 Å². The van der Waals surface area contributed by atoms with Gasteiger partial charge in [0, 0.05) is 11.6 Å². The van der Waals surface area contributed by atoms with Gasteiger partial charge in [0.2, 0.25) is 5.91 Å². The molecule has 0 radical (unpaired) electrons. The Labute approximate surface area is 132 Å². The molecule has 4 nitrogen and oxygen atoms in total. The third-order valence-corrected chi connectivity index (χ3v) is 4.14. The van der Waals surface area contributed by atoms with Crippen molar-refractivity contribution in [2.24, 2.45) is 5.73 Å². The number of hydrogen-bond acceptors (Lipinski definition) is 3. The summed E-state index contributed by atoms with van der Waals surface area (Å²) in [5.74, 6) is -0.817. The van der Waals surface area contributed by atoms with Gasteiger partial charge in [-0.05, 0) is 37.5 Å². The highest BCUT2D eigenvalue weighted by atomic mass is 35.5. The van der Waals surface area contributed by atoms with Crippen molar-refractivity contribution < 1.29 is 13.9 Å². The van der Waals surface area contributed by atoms with E-state index >= 15 is 0 Å². The van der Waals surface area contributed by atoms with Gasteiger partial charge in [-0.25, -0.2) is 4.39 Å². The van der Waals surface area contributed by atoms with Gasteiger partial charge in [0.15, 0.2) is 0 Å². The highest BCUT2D eigenvalue weighted by molar-refractivity contribution is 6.35. The lowest BCUT2D eigenvalue weighted by molar-refractivity contribution is -0.132. The molecule has 1 aromatic rings. The van der Waals surface area contributed by atoms with Crippen LogP contribution in [0.25, 0.3) is 0 Å². The lowest BCUT2D eigenvalue weighted by atomic mass is 10.1. The van der Waals surface area contributed by atoms with Crippen molar-refractivity contribution in [3.8, 4) is 0 Å². The maximum atomic E-state index is 13.5. The van der Waals surface area contributed by atoms with Crippen molar-refractivity contribution in [3.05, 3.63) is 33.6 Å². The Morgan fingerprint density at radius 3 is 2.81 bits per heavy atom. The molecular formula is C14H17Cl2FN2O2. The number of amides is 1. The van der Waals surface area contributed by atoms with E-state index in [2.05, 4.69) is 5.32 Å². The number of nitrogens with two attached hydrogens (primary N) is 1. The summed E-state index contributed by atoms with van der Waals surface area (Å²) in [6.07, 6.45) is 0.798. The minimum Gasteiger partial charge on any atom is -0.364 e. The van der Waals surface area contributed by atoms with Gasteiger partial charge in [-0.3, -0.25) is 4.79 Å². The number of benzene rings is 1. The maximum Gasteiger partial charge on any atom is 0.249 e. The van der Waals surface area contributed by atoms with E-state index in [1.165, 1.54) is 12.1 Å². The van der Waals surface area contributed by atoms with Gasteiger partial charge in [-0.15, -0.1) is 0 Å². The van der Waals surface area contributed by atoms with Crippen molar-refractivity contribution in [2.45, 2.75) is 38.0 Å². The monoisotopic (exact) mass is 334 g/mol. The average Bonchev–Trinajstić information content (AvgIpc) is 2.91. The molecule has 2 rings (SSSR count). The fraction of sp³-hybridized carbons (Fsp3) is 0.500. The molecule has 7 heteroatoms. The van der Waals surface area contributed by atoms with Gasteiger partial charge in [0.1, 0.15) is 11.9 Å². The first-order chi connectivity index (χ1) is 9.92. The Morgan fingerprint density at radius 1 is 1.48 bits per heavy atom. The van der Waals surface area contributed by atoms with Gasteiger partial charge < -0.3 is 15.8 Å². The Morgan fingerprint density at radius 2 is 2.19 bits per heavy atom. The van der Waals surface area contributed by atoms with Crippen LogP contribution in [-0.2, 0) is 9.53 Å². The molecule has 1 amide bonds. The predicted molar refractivity (Wildman–Crippen MR) is 79.9 cm³/mol. The van der Waals surface area contributed by atoms with E-state index in [9.17, 15) is 9.18 Å². The Bertz CT molecular complexity index is 542. The lowest BCUT2D eigenvalue weighted by Crippen LogP contribution is -2.37. The highest BCUT2D eigenvalue weighted by Crippen LogP contribution is 2.29. The number of halogens is 3. The zero-order chi connectivity index (χ0) is 15.6. The van der Waals surface area contributed by atoms with Crippen molar-refractivity contribution in [1.29, 1.82) is 0 Å². The van der Waals surface area contributed by atoms with Crippen molar-refractivity contribution in [2.75, 3.05) is 6.54 Å². The van der Waals surface area contributed by atoms with Crippen LogP contribution in [-0.4, -0.2) is 24.7 Å². The molecule has 1 aliphatic rings. The fourth-order valence-electron chi connectivity index (χ4n) is 2.33. The summed E-state index contributed by atoms with van der Waals surface area (Å²) >= 11 is 11.7. The van der Waals surface area contributed by atoms with Crippen molar-refractivity contribution in [1.82, 2.24) is 5.32 Å². The molecule has 0 aromatic heterocycles. The van der Waals surface area contributed by atoms with Crippen LogP contribution in [0.1, 0.15) is 31.4 Å². The molecule has 0 spiro atoms. The fourth-order valence-corrected chi connectivity index (χ4v) is 2.87. The summed E-state index contributed by atoms with van der Waals surface area (Å²) in [5.41, 5.74) is 5.98. The van der Waals surface area contributed by atoms with Gasteiger partial charge >= 0.3 is 0 Å². The Kier molecular flexibility index (Phi) is 5.43. The number of carbonyl (C=O) groups excluding carboxylic acids is 1. The standard InChI is InChI=1S/C14H17Cl2FN2O2/c1-7(9-4-12(17)11(16)5-10(9)15)19-14(20)13-3-2-8(6-18)21-13/h4-5,7-8,13H,2-3,6,18H2,1H3,(H,19,20)/t7?,8-,13+/m1/s1. The summed E-state index contributed by atoms with van der Waals surface area (Å²) in [5, 5.41) is 3.03.